The Balaban J connectivity index is 0.000000211. The summed E-state index contributed by atoms with van der Waals surface area (Å²) in [4.78, 5) is 20.8. The summed E-state index contributed by atoms with van der Waals surface area (Å²) in [6.07, 6.45) is -0.448. The Labute approximate surface area is 127 Å². The minimum absolute atomic E-state index is 0.448. The van der Waals surface area contributed by atoms with E-state index in [4.69, 9.17) is 16.3 Å². The van der Waals surface area contributed by atoms with Gasteiger partial charge in [0.15, 0.2) is 0 Å². The Bertz CT molecular complexity index is 560. The van der Waals surface area contributed by atoms with Crippen molar-refractivity contribution >= 4 is 23.1 Å². The van der Waals surface area contributed by atoms with Crippen LogP contribution < -0.4 is 14.8 Å². The molecule has 0 saturated heterocycles. The second-order valence-electron chi connectivity index (χ2n) is 3.61. The molecule has 1 amide bonds. The Morgan fingerprint density at radius 2 is 1.29 bits per heavy atom. The van der Waals surface area contributed by atoms with Crippen molar-refractivity contribution in [1.82, 2.24) is 5.32 Å². The number of hydrogen-bond donors (Lipinski definition) is 1. The van der Waals surface area contributed by atoms with E-state index in [0.29, 0.717) is 11.5 Å². The summed E-state index contributed by atoms with van der Waals surface area (Å²) in [6, 6.07) is 17.5. The topological polar surface area (TPSA) is 64.6 Å². The molecule has 0 aliphatic carbocycles. The molecule has 1 N–H and O–H groups in total. The third-order valence-corrected chi connectivity index (χ3v) is 2.18. The second kappa shape index (κ2) is 9.39. The van der Waals surface area contributed by atoms with E-state index in [0.717, 1.165) is 0 Å². The van der Waals surface area contributed by atoms with Gasteiger partial charge in [-0.05, 0) is 24.3 Å². The molecule has 21 heavy (non-hydrogen) atoms. The lowest BCUT2D eigenvalue weighted by Gasteiger charge is -2.00. The summed E-state index contributed by atoms with van der Waals surface area (Å²) in [5.74, 6) is 1.01. The highest BCUT2D eigenvalue weighted by molar-refractivity contribution is 6.61. The molecule has 0 saturated carbocycles. The Morgan fingerprint density at radius 3 is 1.67 bits per heavy atom. The van der Waals surface area contributed by atoms with Gasteiger partial charge in [0.2, 0.25) is 0 Å². The fourth-order valence-electron chi connectivity index (χ4n) is 1.23. The highest BCUT2D eigenvalue weighted by Crippen LogP contribution is 2.09. The summed E-state index contributed by atoms with van der Waals surface area (Å²) in [5.41, 5.74) is -0.814. The molecule has 0 bridgehead atoms. The molecule has 0 atom stereocenters. The predicted octanol–water partition coefficient (Wildman–Crippen LogP) is 3.83. The van der Waals surface area contributed by atoms with Crippen molar-refractivity contribution in [2.45, 2.75) is 0 Å². The number of rotatable bonds is 2. The molecular formula is C15H14ClNO4. The third kappa shape index (κ3) is 7.59. The van der Waals surface area contributed by atoms with Crippen LogP contribution in [0, 0.1) is 0 Å². The molecule has 0 fully saturated rings. The monoisotopic (exact) mass is 307 g/mol. The highest BCUT2D eigenvalue weighted by Gasteiger charge is 1.97. The average molecular weight is 308 g/mol. The molecule has 0 spiro atoms. The van der Waals surface area contributed by atoms with Gasteiger partial charge in [0.25, 0.3) is 0 Å². The van der Waals surface area contributed by atoms with Crippen molar-refractivity contribution < 1.29 is 19.1 Å². The average Bonchev–Trinajstić information content (AvgIpc) is 2.49. The molecule has 0 heterocycles. The zero-order valence-corrected chi connectivity index (χ0v) is 12.0. The number of hydrogen-bond acceptors (Lipinski definition) is 4. The van der Waals surface area contributed by atoms with Crippen LogP contribution in [0.5, 0.6) is 11.5 Å². The first-order chi connectivity index (χ1) is 10.1. The first-order valence-corrected chi connectivity index (χ1v) is 6.36. The molecule has 0 radical (unpaired) electrons. The zero-order chi connectivity index (χ0) is 15.5. The normalized spacial score (nSPS) is 8.86. The fourth-order valence-corrected chi connectivity index (χ4v) is 1.32. The van der Waals surface area contributed by atoms with Crippen LogP contribution in [0.4, 0.5) is 9.59 Å². The van der Waals surface area contributed by atoms with Crippen LogP contribution in [-0.4, -0.2) is 18.6 Å². The number of para-hydroxylation sites is 2. The van der Waals surface area contributed by atoms with Crippen molar-refractivity contribution in [2.24, 2.45) is 0 Å². The molecule has 6 heteroatoms. The van der Waals surface area contributed by atoms with Crippen LogP contribution in [0.3, 0.4) is 0 Å². The molecule has 5 nitrogen and oxygen atoms in total. The number of nitrogens with one attached hydrogen (secondary N) is 1. The minimum atomic E-state index is -0.814. The standard InChI is InChI=1S/C8H9NO2.C7H5ClO2/c1-9-8(10)11-7-5-3-2-4-6-7;8-7(9)10-6-4-2-1-3-5-6/h2-6H,1H3,(H,9,10);1-5H. The molecular weight excluding hydrogens is 294 g/mol. The number of benzene rings is 2. The van der Waals surface area contributed by atoms with E-state index in [1.165, 1.54) is 7.05 Å². The van der Waals surface area contributed by atoms with E-state index in [2.05, 4.69) is 10.1 Å². The summed E-state index contributed by atoms with van der Waals surface area (Å²) in [6.45, 7) is 0. The van der Waals surface area contributed by atoms with Crippen molar-refractivity contribution in [3.8, 4) is 11.5 Å². The van der Waals surface area contributed by atoms with Gasteiger partial charge in [-0.1, -0.05) is 36.4 Å². The number of amides is 1. The van der Waals surface area contributed by atoms with Gasteiger partial charge in [-0.25, -0.2) is 9.59 Å². The van der Waals surface area contributed by atoms with Gasteiger partial charge < -0.3 is 14.8 Å². The van der Waals surface area contributed by atoms with Gasteiger partial charge in [-0.15, -0.1) is 0 Å². The van der Waals surface area contributed by atoms with Crippen molar-refractivity contribution in [3.63, 3.8) is 0 Å². The van der Waals surface area contributed by atoms with Crippen LogP contribution in [-0.2, 0) is 0 Å². The number of carbonyl (C=O) groups excluding carboxylic acids is 2. The van der Waals surface area contributed by atoms with E-state index < -0.39 is 11.5 Å². The largest absolute Gasteiger partial charge is 0.415 e. The predicted molar refractivity (Wildman–Crippen MR) is 79.8 cm³/mol. The van der Waals surface area contributed by atoms with Gasteiger partial charge in [-0.2, -0.15) is 0 Å². The lowest BCUT2D eigenvalue weighted by molar-refractivity contribution is 0.203. The van der Waals surface area contributed by atoms with Crippen molar-refractivity contribution in [2.75, 3.05) is 7.05 Å². The molecule has 2 aromatic carbocycles. The number of carbonyl (C=O) groups is 2. The van der Waals surface area contributed by atoms with E-state index in [9.17, 15) is 9.59 Å². The first kappa shape index (κ1) is 16.5. The number of ether oxygens (including phenoxy) is 2. The van der Waals surface area contributed by atoms with Crippen LogP contribution in [0.15, 0.2) is 60.7 Å². The smallest absolute Gasteiger partial charge is 0.412 e. The van der Waals surface area contributed by atoms with Crippen molar-refractivity contribution in [3.05, 3.63) is 60.7 Å². The molecule has 2 aromatic rings. The van der Waals surface area contributed by atoms with Crippen LogP contribution in [0.1, 0.15) is 0 Å². The fraction of sp³-hybridized carbons (Fsp3) is 0.0667. The maximum Gasteiger partial charge on any atom is 0.412 e. The summed E-state index contributed by atoms with van der Waals surface area (Å²) >= 11 is 4.95. The van der Waals surface area contributed by atoms with Gasteiger partial charge in [-0.3, -0.25) is 0 Å². The van der Waals surface area contributed by atoms with Gasteiger partial charge in [0, 0.05) is 18.6 Å². The lowest BCUT2D eigenvalue weighted by atomic mass is 10.3. The second-order valence-corrected chi connectivity index (χ2v) is 3.91. The maximum absolute atomic E-state index is 10.6. The lowest BCUT2D eigenvalue weighted by Crippen LogP contribution is -2.21. The Morgan fingerprint density at radius 1 is 0.857 bits per heavy atom. The zero-order valence-electron chi connectivity index (χ0n) is 11.3. The molecule has 110 valence electrons. The Hall–Kier alpha value is -2.53. The van der Waals surface area contributed by atoms with E-state index in [-0.39, 0.29) is 0 Å². The molecule has 0 aliphatic heterocycles. The first-order valence-electron chi connectivity index (χ1n) is 5.99. The number of halogens is 1. The van der Waals surface area contributed by atoms with Gasteiger partial charge in [0.05, 0.1) is 0 Å². The third-order valence-electron chi connectivity index (χ3n) is 2.10. The van der Waals surface area contributed by atoms with Crippen LogP contribution >= 0.6 is 11.6 Å². The summed E-state index contributed by atoms with van der Waals surface area (Å²) in [7, 11) is 1.52. The maximum atomic E-state index is 10.6. The van der Waals surface area contributed by atoms with Crippen LogP contribution in [0.2, 0.25) is 0 Å². The highest BCUT2D eigenvalue weighted by atomic mass is 35.5. The molecule has 0 aliphatic rings. The summed E-state index contributed by atoms with van der Waals surface area (Å²) in [5, 5.41) is 2.35. The van der Waals surface area contributed by atoms with Crippen LogP contribution in [0.25, 0.3) is 0 Å². The Kier molecular flexibility index (Phi) is 7.39. The minimum Gasteiger partial charge on any atom is -0.415 e. The van der Waals surface area contributed by atoms with Gasteiger partial charge >= 0.3 is 11.5 Å². The SMILES string of the molecule is CNC(=O)Oc1ccccc1.O=C(Cl)Oc1ccccc1. The van der Waals surface area contributed by atoms with E-state index in [1.54, 1.807) is 48.5 Å². The molecule has 0 unspecified atom stereocenters. The van der Waals surface area contributed by atoms with Crippen molar-refractivity contribution in [1.29, 1.82) is 0 Å². The van der Waals surface area contributed by atoms with E-state index >= 15 is 0 Å². The molecule has 0 aromatic heterocycles. The quantitative estimate of drug-likeness (QED) is 0.856. The van der Waals surface area contributed by atoms with E-state index in [1.807, 2.05) is 12.1 Å². The summed E-state index contributed by atoms with van der Waals surface area (Å²) < 4.78 is 9.35. The molecule has 2 rings (SSSR count). The van der Waals surface area contributed by atoms with Gasteiger partial charge in [0.1, 0.15) is 11.5 Å².